The minimum Gasteiger partial charge on any atom is -0.357 e. The molecule has 1 atom stereocenters. The van der Waals surface area contributed by atoms with Crippen LogP contribution in [0.3, 0.4) is 0 Å². The molecule has 0 aliphatic rings. The average Bonchev–Trinajstić information content (AvgIpc) is 3.22. The molecule has 0 saturated heterocycles. The summed E-state index contributed by atoms with van der Waals surface area (Å²) in [5, 5.41) is 18.2. The van der Waals surface area contributed by atoms with Gasteiger partial charge in [-0.25, -0.2) is 4.98 Å². The van der Waals surface area contributed by atoms with Crippen molar-refractivity contribution in [3.63, 3.8) is 0 Å². The maximum absolute atomic E-state index is 13.0. The normalized spacial score (nSPS) is 13.1. The monoisotopic (exact) mass is 399 g/mol. The fourth-order valence-electron chi connectivity index (χ4n) is 2.40. The summed E-state index contributed by atoms with van der Waals surface area (Å²) < 4.78 is 39.6. The van der Waals surface area contributed by atoms with Crippen LogP contribution in [0.25, 0.3) is 5.65 Å². The van der Waals surface area contributed by atoms with Gasteiger partial charge in [-0.2, -0.15) is 17.7 Å². The van der Waals surface area contributed by atoms with E-state index in [2.05, 4.69) is 30.9 Å². The van der Waals surface area contributed by atoms with Gasteiger partial charge in [0.25, 0.3) is 5.82 Å². The number of carbonyl (C=O) groups excluding carboxylic acids is 1. The summed E-state index contributed by atoms with van der Waals surface area (Å²) in [6, 6.07) is 2.10. The van der Waals surface area contributed by atoms with E-state index in [1.165, 1.54) is 23.5 Å². The van der Waals surface area contributed by atoms with Crippen molar-refractivity contribution in [1.82, 2.24) is 24.8 Å². The van der Waals surface area contributed by atoms with Crippen LogP contribution in [0.15, 0.2) is 23.7 Å². The van der Waals surface area contributed by atoms with E-state index >= 15 is 0 Å². The van der Waals surface area contributed by atoms with Gasteiger partial charge in [-0.15, -0.1) is 26.6 Å². The lowest BCUT2D eigenvalue weighted by Gasteiger charge is -2.20. The molecule has 0 aromatic carbocycles. The van der Waals surface area contributed by atoms with E-state index in [-0.39, 0.29) is 23.3 Å². The van der Waals surface area contributed by atoms with Gasteiger partial charge in [-0.1, -0.05) is 13.8 Å². The highest BCUT2D eigenvalue weighted by atomic mass is 32.1. The minimum atomic E-state index is -4.69. The first-order valence-electron chi connectivity index (χ1n) is 8.00. The Labute approximate surface area is 155 Å². The lowest BCUT2D eigenvalue weighted by atomic mass is 10.0. The molecule has 0 spiro atoms. The number of anilines is 2. The molecule has 0 aliphatic carbocycles. The molecule has 0 aliphatic heterocycles. The Kier molecular flexibility index (Phi) is 5.26. The van der Waals surface area contributed by atoms with Gasteiger partial charge < -0.3 is 10.6 Å². The third-order valence-corrected chi connectivity index (χ3v) is 4.21. The first kappa shape index (κ1) is 19.0. The van der Waals surface area contributed by atoms with Gasteiger partial charge in [0.15, 0.2) is 10.8 Å². The van der Waals surface area contributed by atoms with Crippen molar-refractivity contribution in [3.8, 4) is 0 Å². The Morgan fingerprint density at radius 2 is 2.07 bits per heavy atom. The number of halogens is 3. The quantitative estimate of drug-likeness (QED) is 0.661. The summed E-state index contributed by atoms with van der Waals surface area (Å²) >= 11 is 1.27. The molecule has 3 aromatic rings. The van der Waals surface area contributed by atoms with E-state index in [9.17, 15) is 18.0 Å². The molecule has 2 N–H and O–H groups in total. The fraction of sp³-hybridized carbons (Fsp3) is 0.400. The van der Waals surface area contributed by atoms with Gasteiger partial charge in [0, 0.05) is 11.6 Å². The Hall–Kier alpha value is -2.76. The lowest BCUT2D eigenvalue weighted by molar-refractivity contribution is -0.146. The molecule has 0 saturated carbocycles. The Bertz CT molecular complexity index is 923. The number of hydrogen-bond donors (Lipinski definition) is 2. The molecular weight excluding hydrogens is 383 g/mol. The van der Waals surface area contributed by atoms with E-state index < -0.39 is 18.0 Å². The number of carbonyl (C=O) groups is 1. The molecule has 0 bridgehead atoms. The Morgan fingerprint density at radius 3 is 2.70 bits per heavy atom. The molecular formula is C15H16F3N7OS. The summed E-state index contributed by atoms with van der Waals surface area (Å²) in [7, 11) is 0. The number of rotatable bonds is 6. The molecule has 27 heavy (non-hydrogen) atoms. The van der Waals surface area contributed by atoms with Gasteiger partial charge in [0.05, 0.1) is 0 Å². The molecule has 0 fully saturated rings. The van der Waals surface area contributed by atoms with Gasteiger partial charge in [-0.3, -0.25) is 4.79 Å². The smallest absolute Gasteiger partial charge is 0.357 e. The zero-order chi connectivity index (χ0) is 19.6. The van der Waals surface area contributed by atoms with Crippen LogP contribution in [-0.4, -0.2) is 36.7 Å². The molecule has 3 heterocycles. The molecule has 8 nitrogen and oxygen atoms in total. The van der Waals surface area contributed by atoms with Gasteiger partial charge >= 0.3 is 6.18 Å². The second kappa shape index (κ2) is 7.47. The zero-order valence-electron chi connectivity index (χ0n) is 14.4. The standard InChI is InChI=1S/C15H16F3N7OS/c1-8(2)7-9(12(26)21-14-19-5-6-27-14)20-10-3-4-11-22-23-13(15(16,17)18)25(11)24-10/h3-6,8-9H,7H2,1-2H3,(H,20,24)(H,19,21,26). The summed E-state index contributed by atoms with van der Waals surface area (Å²) in [6.45, 7) is 3.87. The first-order chi connectivity index (χ1) is 12.7. The zero-order valence-corrected chi connectivity index (χ0v) is 15.2. The second-order valence-corrected chi connectivity index (χ2v) is 7.06. The fourth-order valence-corrected chi connectivity index (χ4v) is 2.93. The summed E-state index contributed by atoms with van der Waals surface area (Å²) in [5.74, 6) is -1.31. The second-order valence-electron chi connectivity index (χ2n) is 6.16. The first-order valence-corrected chi connectivity index (χ1v) is 8.88. The van der Waals surface area contributed by atoms with Crippen molar-refractivity contribution < 1.29 is 18.0 Å². The average molecular weight is 399 g/mol. The van der Waals surface area contributed by atoms with Crippen molar-refractivity contribution in [2.75, 3.05) is 10.6 Å². The van der Waals surface area contributed by atoms with Crippen LogP contribution in [0, 0.1) is 5.92 Å². The largest absolute Gasteiger partial charge is 0.453 e. The number of fused-ring (bicyclic) bond motifs is 1. The number of amides is 1. The highest BCUT2D eigenvalue weighted by molar-refractivity contribution is 7.13. The summed E-state index contributed by atoms with van der Waals surface area (Å²) in [5.41, 5.74) is -0.0412. The van der Waals surface area contributed by atoms with Crippen LogP contribution >= 0.6 is 11.3 Å². The van der Waals surface area contributed by atoms with Gasteiger partial charge in [0.1, 0.15) is 11.9 Å². The topological polar surface area (TPSA) is 97.1 Å². The van der Waals surface area contributed by atoms with Gasteiger partial charge in [-0.05, 0) is 24.5 Å². The lowest BCUT2D eigenvalue weighted by Crippen LogP contribution is -2.36. The van der Waals surface area contributed by atoms with Crippen LogP contribution in [-0.2, 0) is 11.0 Å². The van der Waals surface area contributed by atoms with Crippen molar-refractivity contribution in [2.24, 2.45) is 5.92 Å². The highest BCUT2D eigenvalue weighted by Gasteiger charge is 2.37. The van der Waals surface area contributed by atoms with Crippen molar-refractivity contribution in [1.29, 1.82) is 0 Å². The highest BCUT2D eigenvalue weighted by Crippen LogP contribution is 2.27. The van der Waals surface area contributed by atoms with E-state index in [0.29, 0.717) is 16.1 Å². The number of aromatic nitrogens is 5. The van der Waals surface area contributed by atoms with Crippen LogP contribution < -0.4 is 10.6 Å². The number of thiazole rings is 1. The van der Waals surface area contributed by atoms with Crippen LogP contribution in [0.1, 0.15) is 26.1 Å². The summed E-state index contributed by atoms with van der Waals surface area (Å²) in [6.07, 6.45) is -2.68. The van der Waals surface area contributed by atoms with Crippen LogP contribution in [0.5, 0.6) is 0 Å². The van der Waals surface area contributed by atoms with Crippen LogP contribution in [0.2, 0.25) is 0 Å². The van der Waals surface area contributed by atoms with E-state index in [4.69, 9.17) is 0 Å². The number of hydrogen-bond acceptors (Lipinski definition) is 7. The van der Waals surface area contributed by atoms with E-state index in [0.717, 1.165) is 0 Å². The molecule has 12 heteroatoms. The molecule has 1 amide bonds. The predicted molar refractivity (Wildman–Crippen MR) is 93.4 cm³/mol. The third kappa shape index (κ3) is 4.51. The number of nitrogens with zero attached hydrogens (tertiary/aromatic N) is 5. The Morgan fingerprint density at radius 1 is 1.30 bits per heavy atom. The number of alkyl halides is 3. The van der Waals surface area contributed by atoms with E-state index in [1.54, 1.807) is 11.6 Å². The van der Waals surface area contributed by atoms with Gasteiger partial charge in [0.2, 0.25) is 5.91 Å². The Balaban J connectivity index is 1.85. The minimum absolute atomic E-state index is 0.0412. The number of nitrogens with one attached hydrogen (secondary N) is 2. The third-order valence-electron chi connectivity index (χ3n) is 3.52. The van der Waals surface area contributed by atoms with Crippen LogP contribution in [0.4, 0.5) is 24.1 Å². The molecule has 0 radical (unpaired) electrons. The maximum atomic E-state index is 13.0. The summed E-state index contributed by atoms with van der Waals surface area (Å²) in [4.78, 5) is 16.5. The van der Waals surface area contributed by atoms with Crippen molar-refractivity contribution in [3.05, 3.63) is 29.5 Å². The molecule has 3 aromatic heterocycles. The molecule has 1 unspecified atom stereocenters. The molecule has 3 rings (SSSR count). The van der Waals surface area contributed by atoms with Crippen molar-refractivity contribution >= 4 is 33.8 Å². The predicted octanol–water partition coefficient (Wildman–Crippen LogP) is 3.06. The van der Waals surface area contributed by atoms with Crippen molar-refractivity contribution in [2.45, 2.75) is 32.5 Å². The van der Waals surface area contributed by atoms with E-state index in [1.807, 2.05) is 13.8 Å². The molecule has 144 valence electrons. The SMILES string of the molecule is CC(C)CC(Nc1ccc2nnc(C(F)(F)F)n2n1)C(=O)Nc1nccs1. The maximum Gasteiger partial charge on any atom is 0.453 e.